The summed E-state index contributed by atoms with van der Waals surface area (Å²) in [6.07, 6.45) is 2.69. The molecule has 216 valence electrons. The second-order valence-electron chi connectivity index (χ2n) is 9.74. The molecule has 0 aliphatic heterocycles. The molecule has 0 aliphatic rings. The lowest BCUT2D eigenvalue weighted by atomic mass is 9.96. The van der Waals surface area contributed by atoms with Crippen molar-refractivity contribution < 1.29 is 30.9 Å². The van der Waals surface area contributed by atoms with E-state index in [0.717, 1.165) is 18.2 Å². The second-order valence-corrected chi connectivity index (χ2v) is 11.4. The number of carbonyl (C=O) groups excluding carboxylic acids is 1. The van der Waals surface area contributed by atoms with Crippen LogP contribution in [-0.2, 0) is 27.8 Å². The highest BCUT2D eigenvalue weighted by molar-refractivity contribution is 7.92. The monoisotopic (exact) mass is 592 g/mol. The number of nitrogens with one attached hydrogen (secondary N) is 1. The van der Waals surface area contributed by atoms with Crippen molar-refractivity contribution in [2.75, 3.05) is 11.8 Å². The predicted octanol–water partition coefficient (Wildman–Crippen LogP) is 5.89. The van der Waals surface area contributed by atoms with E-state index in [9.17, 15) is 22.0 Å². The van der Waals surface area contributed by atoms with Crippen molar-refractivity contribution >= 4 is 21.8 Å². The number of nitrogens with zero attached hydrogens (tertiary/aromatic N) is 3. The molecule has 12 heteroatoms. The van der Waals surface area contributed by atoms with Gasteiger partial charge >= 0.3 is 0 Å². The third kappa shape index (κ3) is 6.08. The number of rotatable bonds is 9. The summed E-state index contributed by atoms with van der Waals surface area (Å²) in [5.74, 6) is -1.59. The maximum Gasteiger partial charge on any atom is 0.264 e. The summed E-state index contributed by atoms with van der Waals surface area (Å²) in [5.41, 5.74) is 3.41. The molecule has 2 heterocycles. The normalized spacial score (nSPS) is 11.5. The lowest BCUT2D eigenvalue weighted by Crippen LogP contribution is -2.28. The number of amides is 1. The van der Waals surface area contributed by atoms with Crippen LogP contribution in [0.3, 0.4) is 0 Å². The van der Waals surface area contributed by atoms with Crippen molar-refractivity contribution in [3.8, 4) is 22.6 Å². The molecule has 2 aromatic heterocycles. The summed E-state index contributed by atoms with van der Waals surface area (Å²) in [4.78, 5) is 18.7. The molecule has 0 aliphatic carbocycles. The SMILES string of the molecule is Cc1noc(NS(=O)(=O)c2ccccc2-c2ccc(-c3ncco3)cc2CN(C)C(=O)Cc2cc(F)cc(F)c2)c1C. The summed E-state index contributed by atoms with van der Waals surface area (Å²) in [6.45, 7) is 3.44. The zero-order valence-corrected chi connectivity index (χ0v) is 23.7. The Bertz CT molecular complexity index is 1850. The summed E-state index contributed by atoms with van der Waals surface area (Å²) in [5, 5.41) is 3.82. The average molecular weight is 593 g/mol. The summed E-state index contributed by atoms with van der Waals surface area (Å²) < 4.78 is 67.6. The second kappa shape index (κ2) is 11.6. The Morgan fingerprint density at radius 3 is 2.40 bits per heavy atom. The highest BCUT2D eigenvalue weighted by Crippen LogP contribution is 2.34. The number of aryl methyl sites for hydroxylation is 1. The van der Waals surface area contributed by atoms with Gasteiger partial charge in [0.1, 0.15) is 17.9 Å². The van der Waals surface area contributed by atoms with Crippen LogP contribution in [0.2, 0.25) is 0 Å². The van der Waals surface area contributed by atoms with Crippen LogP contribution >= 0.6 is 0 Å². The smallest absolute Gasteiger partial charge is 0.264 e. The van der Waals surface area contributed by atoms with E-state index in [1.165, 1.54) is 23.4 Å². The number of halogens is 2. The van der Waals surface area contributed by atoms with Crippen molar-refractivity contribution in [3.05, 3.63) is 107 Å². The van der Waals surface area contributed by atoms with Gasteiger partial charge in [0.15, 0.2) is 0 Å². The Morgan fingerprint density at radius 1 is 1.00 bits per heavy atom. The minimum Gasteiger partial charge on any atom is -0.445 e. The number of carbonyl (C=O) groups is 1. The maximum absolute atomic E-state index is 13.7. The molecule has 5 aromatic rings. The molecule has 0 radical (unpaired) electrons. The van der Waals surface area contributed by atoms with Crippen LogP contribution in [0.25, 0.3) is 22.6 Å². The topological polar surface area (TPSA) is 119 Å². The largest absolute Gasteiger partial charge is 0.445 e. The Labute approximate surface area is 240 Å². The molecule has 0 saturated heterocycles. The van der Waals surface area contributed by atoms with Gasteiger partial charge in [0.05, 0.1) is 23.2 Å². The number of likely N-dealkylation sites (N-methyl/N-ethyl adjacent to an activating group) is 1. The van der Waals surface area contributed by atoms with E-state index >= 15 is 0 Å². The van der Waals surface area contributed by atoms with E-state index in [0.29, 0.717) is 39.4 Å². The third-order valence-corrected chi connectivity index (χ3v) is 8.14. The Morgan fingerprint density at radius 2 is 1.74 bits per heavy atom. The molecule has 0 unspecified atom stereocenters. The lowest BCUT2D eigenvalue weighted by molar-refractivity contribution is -0.129. The fraction of sp³-hybridized carbons (Fsp3) is 0.167. The van der Waals surface area contributed by atoms with E-state index in [1.54, 1.807) is 57.3 Å². The van der Waals surface area contributed by atoms with Crippen LogP contribution in [-0.4, -0.2) is 36.4 Å². The average Bonchev–Trinajstić information content (AvgIpc) is 3.59. The first-order valence-electron chi connectivity index (χ1n) is 12.8. The molecule has 5 rings (SSSR count). The minimum atomic E-state index is -4.13. The van der Waals surface area contributed by atoms with Crippen LogP contribution in [0.15, 0.2) is 87.0 Å². The van der Waals surface area contributed by atoms with E-state index in [2.05, 4.69) is 14.9 Å². The highest BCUT2D eigenvalue weighted by atomic mass is 32.2. The molecule has 42 heavy (non-hydrogen) atoms. The zero-order chi connectivity index (χ0) is 30.0. The van der Waals surface area contributed by atoms with Crippen LogP contribution in [0.5, 0.6) is 0 Å². The van der Waals surface area contributed by atoms with Gasteiger partial charge in [-0.3, -0.25) is 4.79 Å². The number of oxazole rings is 1. The molecule has 0 atom stereocenters. The maximum atomic E-state index is 13.7. The predicted molar refractivity (Wildman–Crippen MR) is 151 cm³/mol. The van der Waals surface area contributed by atoms with Crippen LogP contribution in [0, 0.1) is 25.5 Å². The highest BCUT2D eigenvalue weighted by Gasteiger charge is 2.25. The van der Waals surface area contributed by atoms with E-state index in [4.69, 9.17) is 8.94 Å². The van der Waals surface area contributed by atoms with Gasteiger partial charge < -0.3 is 13.8 Å². The number of hydrogen-bond acceptors (Lipinski definition) is 7. The Kier molecular flexibility index (Phi) is 7.90. The number of aromatic nitrogens is 2. The van der Waals surface area contributed by atoms with Gasteiger partial charge in [-0.1, -0.05) is 29.4 Å². The first-order valence-corrected chi connectivity index (χ1v) is 14.3. The molecule has 3 aromatic carbocycles. The number of hydrogen-bond donors (Lipinski definition) is 1. The Balaban J connectivity index is 1.53. The fourth-order valence-corrected chi connectivity index (χ4v) is 5.73. The number of anilines is 1. The molecule has 0 bridgehead atoms. The van der Waals surface area contributed by atoms with Gasteiger partial charge in [-0.25, -0.2) is 26.9 Å². The number of sulfonamides is 1. The zero-order valence-electron chi connectivity index (χ0n) is 22.9. The first kappa shape index (κ1) is 28.7. The van der Waals surface area contributed by atoms with Crippen LogP contribution in [0.1, 0.15) is 22.4 Å². The Hall–Kier alpha value is -4.84. The van der Waals surface area contributed by atoms with Crippen molar-refractivity contribution in [2.45, 2.75) is 31.7 Å². The van der Waals surface area contributed by atoms with E-state index < -0.39 is 27.6 Å². The van der Waals surface area contributed by atoms with Crippen LogP contribution < -0.4 is 4.72 Å². The van der Waals surface area contributed by atoms with Gasteiger partial charge in [0.2, 0.25) is 17.7 Å². The summed E-state index contributed by atoms with van der Waals surface area (Å²) >= 11 is 0. The van der Waals surface area contributed by atoms with Gasteiger partial charge in [-0.15, -0.1) is 0 Å². The summed E-state index contributed by atoms with van der Waals surface area (Å²) in [6, 6.07) is 14.6. The molecule has 1 N–H and O–H groups in total. The van der Waals surface area contributed by atoms with Crippen molar-refractivity contribution in [3.63, 3.8) is 0 Å². The van der Waals surface area contributed by atoms with Gasteiger partial charge in [0.25, 0.3) is 10.0 Å². The summed E-state index contributed by atoms with van der Waals surface area (Å²) in [7, 11) is -2.58. The quantitative estimate of drug-likeness (QED) is 0.227. The third-order valence-electron chi connectivity index (χ3n) is 6.75. The van der Waals surface area contributed by atoms with Crippen molar-refractivity contribution in [1.29, 1.82) is 0 Å². The van der Waals surface area contributed by atoms with Gasteiger partial charge in [-0.05, 0) is 60.9 Å². The first-order chi connectivity index (χ1) is 20.0. The molecule has 0 spiro atoms. The van der Waals surface area contributed by atoms with Crippen molar-refractivity contribution in [2.24, 2.45) is 0 Å². The molecular weight excluding hydrogens is 566 g/mol. The van der Waals surface area contributed by atoms with E-state index in [-0.39, 0.29) is 29.3 Å². The lowest BCUT2D eigenvalue weighted by Gasteiger charge is -2.21. The van der Waals surface area contributed by atoms with Crippen molar-refractivity contribution in [1.82, 2.24) is 15.0 Å². The molecular formula is C30H26F2N4O5S. The van der Waals surface area contributed by atoms with Gasteiger partial charge in [0, 0.05) is 36.3 Å². The van der Waals surface area contributed by atoms with Gasteiger partial charge in [-0.2, -0.15) is 0 Å². The number of benzene rings is 3. The standard InChI is InChI=1S/C30H26F2N4O5S/c1-18-19(2)34-41-29(18)35-42(38,39)27-7-5-4-6-26(27)25-9-8-21(30-33-10-11-40-30)15-22(25)17-36(3)28(37)14-20-12-23(31)16-24(32)13-20/h4-13,15-16,35H,14,17H2,1-3H3. The van der Waals surface area contributed by atoms with E-state index in [1.807, 2.05) is 0 Å². The molecule has 9 nitrogen and oxygen atoms in total. The van der Waals surface area contributed by atoms with Crippen LogP contribution in [0.4, 0.5) is 14.7 Å². The fourth-order valence-electron chi connectivity index (χ4n) is 4.46. The minimum absolute atomic E-state index is 0.0147. The molecule has 1 amide bonds. The molecule has 0 fully saturated rings. The molecule has 0 saturated carbocycles.